The molecule has 0 aliphatic carbocycles. The molecule has 0 spiro atoms. The Morgan fingerprint density at radius 3 is 2.55 bits per heavy atom. The van der Waals surface area contributed by atoms with Crippen LogP contribution >= 0.6 is 22.9 Å². The molecule has 0 aliphatic rings. The van der Waals surface area contributed by atoms with E-state index < -0.39 is 11.9 Å². The number of ether oxygens (including phenoxy) is 1. The zero-order chi connectivity index (χ0) is 22.8. The molecule has 162 valence electrons. The molecular formula is C25H15ClN2O4S. The first kappa shape index (κ1) is 20.9. The van der Waals surface area contributed by atoms with E-state index in [-0.39, 0.29) is 5.76 Å². The summed E-state index contributed by atoms with van der Waals surface area (Å²) in [5.41, 5.74) is 3.77. The minimum Gasteiger partial charge on any atom is -0.451 e. The summed E-state index contributed by atoms with van der Waals surface area (Å²) < 4.78 is 11.9. The molecule has 5 rings (SSSR count). The highest BCUT2D eigenvalue weighted by Crippen LogP contribution is 2.35. The Morgan fingerprint density at radius 1 is 1.00 bits per heavy atom. The fourth-order valence-corrected chi connectivity index (χ4v) is 4.62. The molecule has 0 unspecified atom stereocenters. The average Bonchev–Trinajstić information content (AvgIpc) is 3.42. The Balaban J connectivity index is 1.21. The zero-order valence-corrected chi connectivity index (χ0v) is 18.5. The van der Waals surface area contributed by atoms with Crippen LogP contribution in [0.1, 0.15) is 25.8 Å². The van der Waals surface area contributed by atoms with E-state index in [1.165, 1.54) is 17.6 Å². The molecule has 1 amide bonds. The summed E-state index contributed by atoms with van der Waals surface area (Å²) in [6, 6.07) is 23.3. The van der Waals surface area contributed by atoms with Gasteiger partial charge in [0.25, 0.3) is 0 Å². The molecule has 0 saturated heterocycles. The molecule has 6 nitrogen and oxygen atoms in total. The van der Waals surface area contributed by atoms with E-state index in [9.17, 15) is 9.59 Å². The number of furan rings is 1. The van der Waals surface area contributed by atoms with E-state index in [4.69, 9.17) is 20.8 Å². The summed E-state index contributed by atoms with van der Waals surface area (Å²) in [6.07, 6.45) is 1.48. The minimum atomic E-state index is -0.513. The summed E-state index contributed by atoms with van der Waals surface area (Å²) in [5, 5.41) is 6.01. The zero-order valence-electron chi connectivity index (χ0n) is 16.9. The van der Waals surface area contributed by atoms with E-state index >= 15 is 0 Å². The van der Waals surface area contributed by atoms with Gasteiger partial charge in [-0.05, 0) is 48.0 Å². The Bertz CT molecular complexity index is 1490. The van der Waals surface area contributed by atoms with Gasteiger partial charge in [0, 0.05) is 15.5 Å². The molecule has 0 bridgehead atoms. The van der Waals surface area contributed by atoms with Crippen LogP contribution in [0.5, 0.6) is 5.75 Å². The molecule has 5 aromatic rings. The Kier molecular flexibility index (Phi) is 5.64. The maximum absolute atomic E-state index is 12.6. The molecule has 0 atom stereocenters. The summed E-state index contributed by atoms with van der Waals surface area (Å²) in [4.78, 5) is 25.1. The fraction of sp³-hybridized carbons (Fsp3) is 0. The number of nitrogens with one attached hydrogen (secondary N) is 1. The number of halogens is 1. The maximum atomic E-state index is 12.6. The third-order valence-corrected chi connectivity index (χ3v) is 6.50. The van der Waals surface area contributed by atoms with Gasteiger partial charge in [-0.3, -0.25) is 4.79 Å². The van der Waals surface area contributed by atoms with Gasteiger partial charge in [-0.25, -0.2) is 10.2 Å². The molecule has 1 N–H and O–H groups in total. The molecule has 8 heteroatoms. The minimum absolute atomic E-state index is 0.176. The summed E-state index contributed by atoms with van der Waals surface area (Å²) in [7, 11) is 0. The van der Waals surface area contributed by atoms with Gasteiger partial charge in [0.15, 0.2) is 5.76 Å². The third kappa shape index (κ3) is 4.37. The van der Waals surface area contributed by atoms with Gasteiger partial charge >= 0.3 is 11.9 Å². The quantitative estimate of drug-likeness (QED) is 0.140. The monoisotopic (exact) mass is 474 g/mol. The first-order valence-corrected chi connectivity index (χ1v) is 11.1. The number of thiophene rings is 1. The lowest BCUT2D eigenvalue weighted by molar-refractivity contribution is 0.0739. The largest absolute Gasteiger partial charge is 0.451 e. The molecule has 0 radical (unpaired) electrons. The number of carbonyl (C=O) groups is 2. The van der Waals surface area contributed by atoms with Gasteiger partial charge in [0.2, 0.25) is 0 Å². The van der Waals surface area contributed by atoms with E-state index in [1.54, 1.807) is 36.4 Å². The van der Waals surface area contributed by atoms with E-state index in [0.29, 0.717) is 26.8 Å². The fourth-order valence-electron chi connectivity index (χ4n) is 3.23. The van der Waals surface area contributed by atoms with Crippen LogP contribution in [-0.4, -0.2) is 18.1 Å². The molecule has 33 heavy (non-hydrogen) atoms. The lowest BCUT2D eigenvalue weighted by Crippen LogP contribution is -2.16. The van der Waals surface area contributed by atoms with Crippen molar-refractivity contribution in [2.45, 2.75) is 0 Å². The van der Waals surface area contributed by atoms with Crippen molar-refractivity contribution >= 4 is 62.1 Å². The second kappa shape index (κ2) is 8.90. The lowest BCUT2D eigenvalue weighted by Gasteiger charge is -2.03. The number of nitrogens with zero attached hydrogens (tertiary/aromatic N) is 1. The van der Waals surface area contributed by atoms with Crippen LogP contribution in [0.2, 0.25) is 5.02 Å². The predicted molar refractivity (Wildman–Crippen MR) is 130 cm³/mol. The van der Waals surface area contributed by atoms with Crippen LogP contribution in [0.15, 0.2) is 88.4 Å². The standard InChI is InChI=1S/C25H15ClN2O4S/c26-22-18-6-2-4-8-21(18)33-23(22)25(30)31-17-11-9-15(10-12-17)14-27-28-24(29)20-13-16-5-1-3-7-19(16)32-20/h1-14H,(H,28,29). The maximum Gasteiger partial charge on any atom is 0.355 e. The van der Waals surface area contributed by atoms with E-state index in [1.807, 2.05) is 42.5 Å². The first-order chi connectivity index (χ1) is 16.1. The lowest BCUT2D eigenvalue weighted by atomic mass is 10.2. The van der Waals surface area contributed by atoms with Crippen molar-refractivity contribution < 1.29 is 18.7 Å². The van der Waals surface area contributed by atoms with Crippen molar-refractivity contribution in [1.82, 2.24) is 5.43 Å². The second-order valence-electron chi connectivity index (χ2n) is 7.05. The normalized spacial score (nSPS) is 11.3. The predicted octanol–water partition coefficient (Wildman–Crippen LogP) is 6.28. The molecule has 2 heterocycles. The number of benzene rings is 3. The summed E-state index contributed by atoms with van der Waals surface area (Å²) in [6.45, 7) is 0. The third-order valence-electron chi connectivity index (χ3n) is 4.84. The molecule has 2 aromatic heterocycles. The van der Waals surface area contributed by atoms with Crippen LogP contribution in [0.3, 0.4) is 0 Å². The number of fused-ring (bicyclic) bond motifs is 2. The SMILES string of the molecule is O=C(NN=Cc1ccc(OC(=O)c2sc3ccccc3c2Cl)cc1)c1cc2ccccc2o1. The first-order valence-electron chi connectivity index (χ1n) is 9.90. The number of hydrogen-bond donors (Lipinski definition) is 1. The highest BCUT2D eigenvalue weighted by Gasteiger charge is 2.19. The number of para-hydroxylation sites is 1. The number of hydrazone groups is 1. The van der Waals surface area contributed by atoms with Crippen molar-refractivity contribution in [2.24, 2.45) is 5.10 Å². The van der Waals surface area contributed by atoms with Gasteiger partial charge < -0.3 is 9.15 Å². The van der Waals surface area contributed by atoms with Crippen molar-refractivity contribution in [2.75, 3.05) is 0 Å². The Labute approximate surface area is 197 Å². The van der Waals surface area contributed by atoms with Gasteiger partial charge in [-0.1, -0.05) is 48.0 Å². The Morgan fingerprint density at radius 2 is 1.76 bits per heavy atom. The van der Waals surface area contributed by atoms with Crippen LogP contribution in [0.4, 0.5) is 0 Å². The van der Waals surface area contributed by atoms with Crippen molar-refractivity contribution in [3.8, 4) is 5.75 Å². The highest BCUT2D eigenvalue weighted by molar-refractivity contribution is 7.21. The summed E-state index contributed by atoms with van der Waals surface area (Å²) >= 11 is 7.64. The number of rotatable bonds is 5. The molecule has 0 saturated carbocycles. The highest BCUT2D eigenvalue weighted by atomic mass is 35.5. The second-order valence-corrected chi connectivity index (χ2v) is 8.48. The average molecular weight is 475 g/mol. The molecule has 0 fully saturated rings. The summed E-state index contributed by atoms with van der Waals surface area (Å²) in [5.74, 6) is -0.415. The van der Waals surface area contributed by atoms with Crippen LogP contribution in [-0.2, 0) is 0 Å². The molecule has 0 aliphatic heterocycles. The van der Waals surface area contributed by atoms with Crippen molar-refractivity contribution in [3.05, 3.63) is 100 Å². The number of esters is 1. The van der Waals surface area contributed by atoms with Gasteiger partial charge in [-0.2, -0.15) is 5.10 Å². The topological polar surface area (TPSA) is 80.9 Å². The van der Waals surface area contributed by atoms with E-state index in [0.717, 1.165) is 15.5 Å². The smallest absolute Gasteiger partial charge is 0.355 e. The van der Waals surface area contributed by atoms with Gasteiger partial charge in [0.05, 0.1) is 11.2 Å². The number of amides is 1. The number of hydrogen-bond acceptors (Lipinski definition) is 6. The number of carbonyl (C=O) groups excluding carboxylic acids is 2. The van der Waals surface area contributed by atoms with Crippen LogP contribution in [0.25, 0.3) is 21.1 Å². The molecule has 3 aromatic carbocycles. The van der Waals surface area contributed by atoms with Crippen molar-refractivity contribution in [1.29, 1.82) is 0 Å². The van der Waals surface area contributed by atoms with Gasteiger partial charge in [-0.15, -0.1) is 11.3 Å². The Hall–Kier alpha value is -3.94. The van der Waals surface area contributed by atoms with E-state index in [2.05, 4.69) is 10.5 Å². The van der Waals surface area contributed by atoms with Crippen LogP contribution < -0.4 is 10.2 Å². The van der Waals surface area contributed by atoms with Crippen LogP contribution in [0, 0.1) is 0 Å². The van der Waals surface area contributed by atoms with Gasteiger partial charge in [0.1, 0.15) is 16.2 Å². The molecular weight excluding hydrogens is 460 g/mol. The van der Waals surface area contributed by atoms with Crippen molar-refractivity contribution in [3.63, 3.8) is 0 Å².